The molecule has 0 unspecified atom stereocenters. The van der Waals surface area contributed by atoms with Crippen LogP contribution >= 0.6 is 0 Å². The van der Waals surface area contributed by atoms with Crippen molar-refractivity contribution in [2.24, 2.45) is 0 Å². The minimum Gasteiger partial charge on any atom is -0.497 e. The van der Waals surface area contributed by atoms with Crippen LogP contribution in [0.2, 0.25) is 0 Å². The number of methoxy groups -OCH3 is 1. The van der Waals surface area contributed by atoms with Gasteiger partial charge < -0.3 is 9.72 Å². The molecule has 0 fully saturated rings. The van der Waals surface area contributed by atoms with Gasteiger partial charge >= 0.3 is 0 Å². The van der Waals surface area contributed by atoms with E-state index in [4.69, 9.17) is 4.74 Å². The van der Waals surface area contributed by atoms with Crippen molar-refractivity contribution in [1.82, 2.24) is 4.98 Å². The molecule has 0 bridgehead atoms. The van der Waals surface area contributed by atoms with Gasteiger partial charge in [0.1, 0.15) is 5.75 Å². The van der Waals surface area contributed by atoms with Crippen molar-refractivity contribution in [2.75, 3.05) is 7.11 Å². The van der Waals surface area contributed by atoms with E-state index < -0.39 is 0 Å². The molecule has 0 aliphatic carbocycles. The van der Waals surface area contributed by atoms with Gasteiger partial charge in [-0.3, -0.25) is 4.79 Å². The summed E-state index contributed by atoms with van der Waals surface area (Å²) in [5.74, 6) is 0.782. The Morgan fingerprint density at radius 3 is 1.94 bits per heavy atom. The number of nitrogens with one attached hydrogen (secondary N) is 1. The molecule has 0 saturated heterocycles. The molecule has 5 aromatic rings. The molecule has 0 atom stereocenters. The van der Waals surface area contributed by atoms with E-state index in [0.717, 1.165) is 44.8 Å². The van der Waals surface area contributed by atoms with Gasteiger partial charge in [-0.25, -0.2) is 0 Å². The number of H-pyrrole nitrogens is 1. The molecule has 150 valence electrons. The summed E-state index contributed by atoms with van der Waals surface area (Å²) < 4.78 is 5.26. The minimum absolute atomic E-state index is 0.00506. The van der Waals surface area contributed by atoms with Crippen molar-refractivity contribution in [3.8, 4) is 39.3 Å². The van der Waals surface area contributed by atoms with E-state index in [1.54, 1.807) is 13.2 Å². The molecule has 1 N–H and O–H groups in total. The molecule has 4 aromatic carbocycles. The number of fused-ring (bicyclic) bond motifs is 1. The van der Waals surface area contributed by atoms with Crippen molar-refractivity contribution in [3.63, 3.8) is 0 Å². The highest BCUT2D eigenvalue weighted by molar-refractivity contribution is 5.98. The lowest BCUT2D eigenvalue weighted by atomic mass is 9.95. The van der Waals surface area contributed by atoms with Crippen LogP contribution < -0.4 is 10.2 Å². The summed E-state index contributed by atoms with van der Waals surface area (Å²) in [6.45, 7) is 0. The summed E-state index contributed by atoms with van der Waals surface area (Å²) in [5.41, 5.74) is 6.72. The van der Waals surface area contributed by atoms with Gasteiger partial charge in [-0.15, -0.1) is 0 Å². The van der Waals surface area contributed by atoms with Crippen LogP contribution in [0.3, 0.4) is 0 Å². The molecule has 0 amide bonds. The summed E-state index contributed by atoms with van der Waals surface area (Å²) in [4.78, 5) is 16.7. The number of ether oxygens (including phenoxy) is 1. The third-order valence-corrected chi connectivity index (χ3v) is 5.53. The third kappa shape index (κ3) is 3.62. The van der Waals surface area contributed by atoms with Gasteiger partial charge in [0.2, 0.25) is 0 Å². The predicted molar refractivity (Wildman–Crippen MR) is 127 cm³/mol. The Labute approximate surface area is 180 Å². The van der Waals surface area contributed by atoms with Crippen LogP contribution in [0.1, 0.15) is 0 Å². The first-order valence-electron chi connectivity index (χ1n) is 10.2. The molecule has 1 heterocycles. The fraction of sp³-hybridized carbons (Fsp3) is 0.0357. The fourth-order valence-electron chi connectivity index (χ4n) is 3.92. The number of aromatic amines is 1. The third-order valence-electron chi connectivity index (χ3n) is 5.53. The molecular weight excluding hydrogens is 382 g/mol. The molecular formula is C28H21NO2. The molecule has 0 radical (unpaired) electrons. The van der Waals surface area contributed by atoms with Crippen LogP contribution in [-0.4, -0.2) is 12.1 Å². The summed E-state index contributed by atoms with van der Waals surface area (Å²) in [7, 11) is 1.64. The van der Waals surface area contributed by atoms with E-state index in [0.29, 0.717) is 5.39 Å². The first-order chi connectivity index (χ1) is 15.2. The van der Waals surface area contributed by atoms with Crippen LogP contribution in [-0.2, 0) is 0 Å². The second-order valence-electron chi connectivity index (χ2n) is 7.45. The molecule has 0 spiro atoms. The monoisotopic (exact) mass is 403 g/mol. The highest BCUT2D eigenvalue weighted by atomic mass is 16.5. The average molecular weight is 403 g/mol. The number of hydrogen-bond acceptors (Lipinski definition) is 2. The topological polar surface area (TPSA) is 42.1 Å². The van der Waals surface area contributed by atoms with Crippen LogP contribution in [0.25, 0.3) is 44.4 Å². The number of hydrogen-bond donors (Lipinski definition) is 1. The number of aromatic nitrogens is 1. The zero-order valence-electron chi connectivity index (χ0n) is 17.1. The Morgan fingerprint density at radius 1 is 0.645 bits per heavy atom. The van der Waals surface area contributed by atoms with E-state index in [1.807, 2.05) is 66.7 Å². The second kappa shape index (κ2) is 7.96. The van der Waals surface area contributed by atoms with Gasteiger partial charge in [-0.1, -0.05) is 60.7 Å². The number of rotatable bonds is 4. The summed E-state index contributed by atoms with van der Waals surface area (Å²) in [6.07, 6.45) is 0. The van der Waals surface area contributed by atoms with Crippen LogP contribution in [0, 0.1) is 0 Å². The maximum atomic E-state index is 13.2. The normalized spacial score (nSPS) is 10.9. The maximum absolute atomic E-state index is 13.2. The Balaban J connectivity index is 1.78. The van der Waals surface area contributed by atoms with Crippen molar-refractivity contribution < 1.29 is 4.74 Å². The molecule has 3 heteroatoms. The van der Waals surface area contributed by atoms with Gasteiger partial charge in [0.05, 0.1) is 12.6 Å². The summed E-state index contributed by atoms with van der Waals surface area (Å²) >= 11 is 0. The zero-order chi connectivity index (χ0) is 21.2. The van der Waals surface area contributed by atoms with Gasteiger partial charge in [-0.05, 0) is 58.7 Å². The van der Waals surface area contributed by atoms with E-state index in [1.165, 1.54) is 0 Å². The standard InChI is InChI=1S/C28H21NO2/c1-31-23-14-12-21(13-15-23)26-18-27(30)25-17-22(19-8-4-2-5-9-19)16-24(28(25)29-26)20-10-6-3-7-11-20/h2-18H,1H3,(H,29,30). The quantitative estimate of drug-likeness (QED) is 0.370. The van der Waals surface area contributed by atoms with Crippen molar-refractivity contribution >= 4 is 10.9 Å². The first-order valence-corrected chi connectivity index (χ1v) is 10.2. The summed E-state index contributed by atoms with van der Waals surface area (Å²) in [5, 5.41) is 0.678. The second-order valence-corrected chi connectivity index (χ2v) is 7.45. The molecule has 3 nitrogen and oxygen atoms in total. The Morgan fingerprint density at radius 2 is 1.29 bits per heavy atom. The van der Waals surface area contributed by atoms with Crippen LogP contribution in [0.15, 0.2) is 108 Å². The van der Waals surface area contributed by atoms with E-state index in [9.17, 15) is 4.79 Å². The van der Waals surface area contributed by atoms with Gasteiger partial charge in [-0.2, -0.15) is 0 Å². The SMILES string of the molecule is COc1ccc(-c2cc(=O)c3cc(-c4ccccc4)cc(-c4ccccc4)c3[nH]2)cc1. The minimum atomic E-state index is -0.00506. The lowest BCUT2D eigenvalue weighted by molar-refractivity contribution is 0.415. The number of pyridine rings is 1. The maximum Gasteiger partial charge on any atom is 0.190 e. The van der Waals surface area contributed by atoms with Gasteiger partial charge in [0.15, 0.2) is 5.43 Å². The molecule has 0 saturated carbocycles. The van der Waals surface area contributed by atoms with Crippen molar-refractivity contribution in [2.45, 2.75) is 0 Å². The highest BCUT2D eigenvalue weighted by Crippen LogP contribution is 2.33. The lowest BCUT2D eigenvalue weighted by Gasteiger charge is -2.13. The van der Waals surface area contributed by atoms with Crippen molar-refractivity contribution in [1.29, 1.82) is 0 Å². The Kier molecular flexibility index (Phi) is 4.85. The molecule has 0 aliphatic rings. The van der Waals surface area contributed by atoms with Crippen molar-refractivity contribution in [3.05, 3.63) is 113 Å². The molecule has 31 heavy (non-hydrogen) atoms. The summed E-state index contributed by atoms with van der Waals surface area (Å²) in [6, 6.07) is 33.8. The van der Waals surface area contributed by atoms with E-state index in [-0.39, 0.29) is 5.43 Å². The highest BCUT2D eigenvalue weighted by Gasteiger charge is 2.13. The smallest absolute Gasteiger partial charge is 0.190 e. The van der Waals surface area contributed by atoms with Crippen LogP contribution in [0.4, 0.5) is 0 Å². The van der Waals surface area contributed by atoms with Crippen LogP contribution in [0.5, 0.6) is 5.75 Å². The largest absolute Gasteiger partial charge is 0.497 e. The van der Waals surface area contributed by atoms with E-state index >= 15 is 0 Å². The predicted octanol–water partition coefficient (Wildman–Crippen LogP) is 6.54. The molecule has 0 aliphatic heterocycles. The Bertz CT molecular complexity index is 1400. The number of benzene rings is 4. The molecule has 1 aromatic heterocycles. The average Bonchev–Trinajstić information content (AvgIpc) is 2.84. The molecule has 5 rings (SSSR count). The lowest BCUT2D eigenvalue weighted by Crippen LogP contribution is -2.04. The van der Waals surface area contributed by atoms with Gasteiger partial charge in [0.25, 0.3) is 0 Å². The van der Waals surface area contributed by atoms with Gasteiger partial charge in [0, 0.05) is 22.7 Å². The fourth-order valence-corrected chi connectivity index (χ4v) is 3.92. The first kappa shape index (κ1) is 18.9. The zero-order valence-corrected chi connectivity index (χ0v) is 17.1. The Hall–Kier alpha value is -4.11. The van der Waals surface area contributed by atoms with E-state index in [2.05, 4.69) is 35.3 Å².